The molecular weight excluding hydrogens is 474 g/mol. The van der Waals surface area contributed by atoms with Gasteiger partial charge in [-0.1, -0.05) is 10.4 Å². The van der Waals surface area contributed by atoms with Gasteiger partial charge in [0.05, 0.1) is 37.0 Å². The van der Waals surface area contributed by atoms with Crippen LogP contribution in [0, 0.1) is 0 Å². The number of aliphatic hydroxyl groups is 8. The van der Waals surface area contributed by atoms with Crippen molar-refractivity contribution in [1.82, 2.24) is 35.3 Å². The molecule has 9 N–H and O–H groups in total. The van der Waals surface area contributed by atoms with Crippen LogP contribution in [0.3, 0.4) is 0 Å². The average Bonchev–Trinajstić information content (AvgIpc) is 3.52. The van der Waals surface area contributed by atoms with E-state index in [4.69, 9.17) is 9.47 Å². The molecule has 0 aromatic carbocycles. The maximum absolute atomic E-state index is 10.2. The Balaban J connectivity index is 1.32. The lowest BCUT2D eigenvalue weighted by Crippen LogP contribution is -2.56. The Morgan fingerprint density at radius 1 is 0.657 bits per heavy atom. The van der Waals surface area contributed by atoms with Gasteiger partial charge in [-0.15, -0.1) is 10.2 Å². The predicted octanol–water partition coefficient (Wildman–Crippen LogP) is -5.90. The molecule has 17 nitrogen and oxygen atoms in total. The monoisotopic (exact) mass is 503 g/mol. The molecule has 2 aliphatic heterocycles. The van der Waals surface area contributed by atoms with Gasteiger partial charge in [0.25, 0.3) is 0 Å². The van der Waals surface area contributed by atoms with Gasteiger partial charge in [-0.05, 0) is 0 Å². The number of aromatic nitrogens is 6. The van der Waals surface area contributed by atoms with Crippen LogP contribution in [0.2, 0.25) is 0 Å². The molecule has 0 spiro atoms. The molecule has 2 saturated heterocycles. The topological polar surface area (TPSA) is 254 Å². The first-order valence-corrected chi connectivity index (χ1v) is 10.9. The van der Waals surface area contributed by atoms with Gasteiger partial charge in [0.1, 0.15) is 48.8 Å². The normalized spacial score (nSPS) is 38.1. The predicted molar refractivity (Wildman–Crippen MR) is 109 cm³/mol. The SMILES string of the molecule is OC[C@H]1O[C@@H](n2cc(CNCc3cn([C@@H]4O[C@H](CO)[C@@H](O)[C@H](O)[C@H]4O)nn3)nn2)[C@H](O)[C@@H](O)[C@@H]1O. The highest BCUT2D eigenvalue weighted by molar-refractivity contribution is 4.99. The molecular formula is C18H29N7O10. The molecule has 0 bridgehead atoms. The highest BCUT2D eigenvalue weighted by Gasteiger charge is 2.45. The molecule has 0 unspecified atom stereocenters. The van der Waals surface area contributed by atoms with Crippen LogP contribution in [0.25, 0.3) is 0 Å². The van der Waals surface area contributed by atoms with Crippen LogP contribution in [-0.4, -0.2) is 133 Å². The van der Waals surface area contributed by atoms with Gasteiger partial charge in [0.2, 0.25) is 0 Å². The maximum Gasteiger partial charge on any atom is 0.180 e. The standard InChI is InChI=1S/C18H29N7O10/c26-5-9-11(28)13(30)15(32)17(34-9)24-3-7(20-22-24)1-19-2-8-4-25(23-21-8)18-16(33)14(31)12(29)10(6-27)35-18/h3-4,9-19,26-33H,1-2,5-6H2/t9-,10-,11-,12-,13+,14+,15-,16-,17-,18-/m1/s1. The number of aliphatic hydroxyl groups excluding tert-OH is 8. The summed E-state index contributed by atoms with van der Waals surface area (Å²) in [5.74, 6) is 0. The first kappa shape index (κ1) is 25.9. The Bertz CT molecular complexity index is 883. The average molecular weight is 503 g/mol. The van der Waals surface area contributed by atoms with E-state index in [0.29, 0.717) is 11.4 Å². The third kappa shape index (κ3) is 5.20. The second-order valence-electron chi connectivity index (χ2n) is 8.42. The lowest BCUT2D eigenvalue weighted by Gasteiger charge is -2.39. The third-order valence-electron chi connectivity index (χ3n) is 5.98. The molecule has 35 heavy (non-hydrogen) atoms. The van der Waals surface area contributed by atoms with Crippen molar-refractivity contribution < 1.29 is 50.3 Å². The second kappa shape index (κ2) is 10.8. The number of hydrogen-bond acceptors (Lipinski definition) is 15. The van der Waals surface area contributed by atoms with Crippen LogP contribution in [0.4, 0.5) is 0 Å². The van der Waals surface area contributed by atoms with Crippen molar-refractivity contribution in [2.45, 2.75) is 74.4 Å². The van der Waals surface area contributed by atoms with Crippen LogP contribution >= 0.6 is 0 Å². The number of hydrogen-bond donors (Lipinski definition) is 9. The van der Waals surface area contributed by atoms with Gasteiger partial charge in [0.15, 0.2) is 12.5 Å². The molecule has 4 rings (SSSR count). The minimum Gasteiger partial charge on any atom is -0.394 e. The molecule has 2 aliphatic rings. The molecule has 4 heterocycles. The summed E-state index contributed by atoms with van der Waals surface area (Å²) in [6, 6.07) is 0. The zero-order valence-electron chi connectivity index (χ0n) is 18.3. The van der Waals surface area contributed by atoms with Crippen LogP contribution < -0.4 is 5.32 Å². The number of nitrogens with one attached hydrogen (secondary N) is 1. The number of rotatable bonds is 8. The molecule has 2 fully saturated rings. The zero-order chi connectivity index (χ0) is 25.3. The molecule has 196 valence electrons. The minimum atomic E-state index is -1.54. The van der Waals surface area contributed by atoms with Crippen molar-refractivity contribution in [2.75, 3.05) is 13.2 Å². The number of ether oxygens (including phenoxy) is 2. The summed E-state index contributed by atoms with van der Waals surface area (Å²) in [7, 11) is 0. The largest absolute Gasteiger partial charge is 0.394 e. The summed E-state index contributed by atoms with van der Waals surface area (Å²) < 4.78 is 13.2. The van der Waals surface area contributed by atoms with Gasteiger partial charge in [0, 0.05) is 13.1 Å². The van der Waals surface area contributed by atoms with Crippen molar-refractivity contribution in [2.24, 2.45) is 0 Å². The summed E-state index contributed by atoms with van der Waals surface area (Å²) in [5, 5.41) is 97.3. The zero-order valence-corrected chi connectivity index (χ0v) is 18.3. The lowest BCUT2D eigenvalue weighted by molar-refractivity contribution is -0.254. The fourth-order valence-corrected chi connectivity index (χ4v) is 3.96. The van der Waals surface area contributed by atoms with Gasteiger partial charge in [-0.2, -0.15) is 0 Å². The van der Waals surface area contributed by atoms with Gasteiger partial charge >= 0.3 is 0 Å². The van der Waals surface area contributed by atoms with Crippen molar-refractivity contribution in [3.8, 4) is 0 Å². The van der Waals surface area contributed by atoms with E-state index in [9.17, 15) is 40.9 Å². The lowest BCUT2D eigenvalue weighted by atomic mass is 9.98. The van der Waals surface area contributed by atoms with E-state index in [1.54, 1.807) is 0 Å². The first-order valence-electron chi connectivity index (χ1n) is 10.9. The van der Waals surface area contributed by atoms with E-state index in [-0.39, 0.29) is 13.1 Å². The summed E-state index contributed by atoms with van der Waals surface area (Å²) in [6.45, 7) is -0.697. The van der Waals surface area contributed by atoms with E-state index < -0.39 is 74.5 Å². The highest BCUT2D eigenvalue weighted by atomic mass is 16.6. The van der Waals surface area contributed by atoms with E-state index in [1.165, 1.54) is 21.8 Å². The molecule has 0 saturated carbocycles. The Labute approximate surface area is 197 Å². The van der Waals surface area contributed by atoms with Crippen molar-refractivity contribution in [3.05, 3.63) is 23.8 Å². The van der Waals surface area contributed by atoms with E-state index in [1.807, 2.05) is 0 Å². The Hall–Kier alpha value is -2.16. The molecule has 0 amide bonds. The molecule has 10 atom stereocenters. The number of nitrogens with zero attached hydrogens (tertiary/aromatic N) is 6. The fourth-order valence-electron chi connectivity index (χ4n) is 3.96. The van der Waals surface area contributed by atoms with Gasteiger partial charge in [-0.25, -0.2) is 9.36 Å². The first-order chi connectivity index (χ1) is 16.7. The third-order valence-corrected chi connectivity index (χ3v) is 5.98. The Morgan fingerprint density at radius 3 is 1.43 bits per heavy atom. The Kier molecular flexibility index (Phi) is 8.03. The maximum atomic E-state index is 10.2. The smallest absolute Gasteiger partial charge is 0.180 e. The van der Waals surface area contributed by atoms with Crippen LogP contribution in [0.5, 0.6) is 0 Å². The summed E-state index contributed by atoms with van der Waals surface area (Å²) in [5.41, 5.74) is 0.895. The van der Waals surface area contributed by atoms with Crippen molar-refractivity contribution >= 4 is 0 Å². The van der Waals surface area contributed by atoms with E-state index in [2.05, 4.69) is 25.9 Å². The van der Waals surface area contributed by atoms with Crippen molar-refractivity contribution in [3.63, 3.8) is 0 Å². The molecule has 0 radical (unpaired) electrons. The van der Waals surface area contributed by atoms with Gasteiger partial charge in [-0.3, -0.25) is 0 Å². The van der Waals surface area contributed by atoms with Gasteiger partial charge < -0.3 is 55.6 Å². The van der Waals surface area contributed by atoms with E-state index >= 15 is 0 Å². The highest BCUT2D eigenvalue weighted by Crippen LogP contribution is 2.29. The Morgan fingerprint density at radius 2 is 1.06 bits per heavy atom. The summed E-state index contributed by atoms with van der Waals surface area (Å²) in [4.78, 5) is 0. The minimum absolute atomic E-state index is 0.213. The quantitative estimate of drug-likeness (QED) is 0.162. The van der Waals surface area contributed by atoms with Crippen LogP contribution in [-0.2, 0) is 22.6 Å². The summed E-state index contributed by atoms with van der Waals surface area (Å²) >= 11 is 0. The molecule has 0 aliphatic carbocycles. The molecule has 2 aromatic heterocycles. The van der Waals surface area contributed by atoms with Crippen LogP contribution in [0.1, 0.15) is 23.8 Å². The van der Waals surface area contributed by atoms with Crippen molar-refractivity contribution in [1.29, 1.82) is 0 Å². The van der Waals surface area contributed by atoms with E-state index in [0.717, 1.165) is 0 Å². The fraction of sp³-hybridized carbons (Fsp3) is 0.778. The van der Waals surface area contributed by atoms with Crippen LogP contribution in [0.15, 0.2) is 12.4 Å². The second-order valence-corrected chi connectivity index (χ2v) is 8.42. The molecule has 17 heteroatoms. The molecule has 2 aromatic rings. The summed E-state index contributed by atoms with van der Waals surface area (Å²) in [6.07, 6.45) is -10.6.